The van der Waals surface area contributed by atoms with Crippen molar-refractivity contribution in [2.45, 2.75) is 6.54 Å². The number of nitrogens with zero attached hydrogens (tertiary/aromatic N) is 2. The molecule has 1 aliphatic heterocycles. The van der Waals surface area contributed by atoms with E-state index in [2.05, 4.69) is 0 Å². The van der Waals surface area contributed by atoms with E-state index in [1.54, 1.807) is 9.80 Å². The van der Waals surface area contributed by atoms with Crippen LogP contribution in [0.15, 0.2) is 30.3 Å². The summed E-state index contributed by atoms with van der Waals surface area (Å²) < 4.78 is 0. The quantitative estimate of drug-likeness (QED) is 0.838. The fourth-order valence-corrected chi connectivity index (χ4v) is 2.05. The minimum absolute atomic E-state index is 0.00801. The molecule has 0 aromatic heterocycles. The normalized spacial score (nSPS) is 16.9. The summed E-state index contributed by atoms with van der Waals surface area (Å²) in [5.41, 5.74) is 1.09. The van der Waals surface area contributed by atoms with Gasteiger partial charge in [-0.3, -0.25) is 14.5 Å². The second-order valence-corrected chi connectivity index (χ2v) is 4.41. The molecule has 1 aromatic rings. The van der Waals surface area contributed by atoms with Crippen molar-refractivity contribution >= 4 is 11.9 Å². The van der Waals surface area contributed by atoms with E-state index in [4.69, 9.17) is 5.11 Å². The summed E-state index contributed by atoms with van der Waals surface area (Å²) in [5.74, 6) is -0.898. The highest BCUT2D eigenvalue weighted by Crippen LogP contribution is 2.09. The number of amides is 1. The van der Waals surface area contributed by atoms with Crippen molar-refractivity contribution in [3.05, 3.63) is 35.9 Å². The van der Waals surface area contributed by atoms with Crippen molar-refractivity contribution in [3.63, 3.8) is 0 Å². The molecule has 1 aliphatic rings. The summed E-state index contributed by atoms with van der Waals surface area (Å²) in [6.07, 6.45) is 0. The van der Waals surface area contributed by atoms with Gasteiger partial charge in [-0.25, -0.2) is 0 Å². The van der Waals surface area contributed by atoms with Gasteiger partial charge in [-0.2, -0.15) is 0 Å². The van der Waals surface area contributed by atoms with E-state index in [0.29, 0.717) is 19.6 Å². The van der Waals surface area contributed by atoms with Crippen LogP contribution in [-0.2, 0) is 16.1 Å². The molecule has 1 amide bonds. The van der Waals surface area contributed by atoms with Crippen LogP contribution >= 0.6 is 0 Å². The largest absolute Gasteiger partial charge is 0.480 e. The van der Waals surface area contributed by atoms with Crippen LogP contribution in [0, 0.1) is 0 Å². The maximum atomic E-state index is 11.9. The number of benzene rings is 1. The molecule has 0 saturated carbocycles. The van der Waals surface area contributed by atoms with Crippen LogP contribution < -0.4 is 0 Å². The van der Waals surface area contributed by atoms with Gasteiger partial charge in [0.05, 0.1) is 13.1 Å². The first-order valence-electron chi connectivity index (χ1n) is 5.91. The summed E-state index contributed by atoms with van der Waals surface area (Å²) in [4.78, 5) is 25.9. The number of hydrogen-bond acceptors (Lipinski definition) is 3. The zero-order chi connectivity index (χ0) is 13.0. The van der Waals surface area contributed by atoms with Gasteiger partial charge in [0.25, 0.3) is 0 Å². The first-order chi connectivity index (χ1) is 8.65. The van der Waals surface area contributed by atoms with Gasteiger partial charge in [-0.1, -0.05) is 30.3 Å². The monoisotopic (exact) mass is 248 g/mol. The SMILES string of the molecule is O=C(O)CN1CCN(Cc2ccccc2)C(=O)C1. The van der Waals surface area contributed by atoms with Crippen LogP contribution in [0.2, 0.25) is 0 Å². The number of carbonyl (C=O) groups is 2. The van der Waals surface area contributed by atoms with Crippen LogP contribution in [0.25, 0.3) is 0 Å². The van der Waals surface area contributed by atoms with Crippen molar-refractivity contribution in [3.8, 4) is 0 Å². The van der Waals surface area contributed by atoms with Gasteiger partial charge in [-0.05, 0) is 5.56 Å². The minimum atomic E-state index is -0.890. The van der Waals surface area contributed by atoms with Gasteiger partial charge < -0.3 is 10.0 Å². The lowest BCUT2D eigenvalue weighted by atomic mass is 10.2. The zero-order valence-electron chi connectivity index (χ0n) is 10.1. The Bertz CT molecular complexity index is 433. The standard InChI is InChI=1S/C13H16N2O3/c16-12-9-14(10-13(17)18)6-7-15(12)8-11-4-2-1-3-5-11/h1-5H,6-10H2,(H,17,18). The molecule has 1 aromatic carbocycles. The number of carboxylic acids is 1. The maximum absolute atomic E-state index is 11.9. The molecule has 2 rings (SSSR count). The summed E-state index contributed by atoms with van der Waals surface area (Å²) in [5, 5.41) is 8.69. The van der Waals surface area contributed by atoms with E-state index in [0.717, 1.165) is 5.56 Å². The first-order valence-corrected chi connectivity index (χ1v) is 5.91. The molecule has 5 nitrogen and oxygen atoms in total. The average molecular weight is 248 g/mol. The Morgan fingerprint density at radius 3 is 2.56 bits per heavy atom. The van der Waals surface area contributed by atoms with E-state index in [-0.39, 0.29) is 19.0 Å². The molecule has 1 heterocycles. The highest BCUT2D eigenvalue weighted by atomic mass is 16.4. The first kappa shape index (κ1) is 12.6. The second kappa shape index (κ2) is 5.64. The molecule has 0 aliphatic carbocycles. The number of aliphatic carboxylic acids is 1. The number of hydrogen-bond donors (Lipinski definition) is 1. The third kappa shape index (κ3) is 3.30. The van der Waals surface area contributed by atoms with Crippen molar-refractivity contribution in [2.24, 2.45) is 0 Å². The highest BCUT2D eigenvalue weighted by molar-refractivity contribution is 5.80. The molecule has 1 fully saturated rings. The van der Waals surface area contributed by atoms with Crippen molar-refractivity contribution < 1.29 is 14.7 Å². The number of rotatable bonds is 4. The summed E-state index contributed by atoms with van der Waals surface area (Å²) >= 11 is 0. The second-order valence-electron chi connectivity index (χ2n) is 4.41. The molecule has 5 heteroatoms. The number of carboxylic acid groups (broad SMARTS) is 1. The Morgan fingerprint density at radius 1 is 1.22 bits per heavy atom. The summed E-state index contributed by atoms with van der Waals surface area (Å²) in [6.45, 7) is 1.93. The van der Waals surface area contributed by atoms with Gasteiger partial charge in [0.2, 0.25) is 5.91 Å². The molecule has 1 saturated heterocycles. The molecule has 1 N–H and O–H groups in total. The van der Waals surface area contributed by atoms with E-state index in [1.807, 2.05) is 30.3 Å². The fourth-order valence-electron chi connectivity index (χ4n) is 2.05. The third-order valence-electron chi connectivity index (χ3n) is 2.97. The van der Waals surface area contributed by atoms with Gasteiger partial charge in [0.15, 0.2) is 0 Å². The number of carbonyl (C=O) groups excluding carboxylic acids is 1. The third-order valence-corrected chi connectivity index (χ3v) is 2.97. The Balaban J connectivity index is 1.90. The summed E-state index contributed by atoms with van der Waals surface area (Å²) in [7, 11) is 0. The lowest BCUT2D eigenvalue weighted by molar-refractivity contribution is -0.142. The lowest BCUT2D eigenvalue weighted by Crippen LogP contribution is -2.51. The number of piperazine rings is 1. The Hall–Kier alpha value is -1.88. The Kier molecular flexibility index (Phi) is 3.94. The topological polar surface area (TPSA) is 60.9 Å². The van der Waals surface area contributed by atoms with E-state index >= 15 is 0 Å². The van der Waals surface area contributed by atoms with Crippen LogP contribution in [0.1, 0.15) is 5.56 Å². The molecular weight excluding hydrogens is 232 g/mol. The smallest absolute Gasteiger partial charge is 0.317 e. The maximum Gasteiger partial charge on any atom is 0.317 e. The fraction of sp³-hybridized carbons (Fsp3) is 0.385. The Morgan fingerprint density at radius 2 is 1.94 bits per heavy atom. The molecular formula is C13H16N2O3. The van der Waals surface area contributed by atoms with Gasteiger partial charge in [0.1, 0.15) is 0 Å². The highest BCUT2D eigenvalue weighted by Gasteiger charge is 2.24. The van der Waals surface area contributed by atoms with Crippen LogP contribution in [0.5, 0.6) is 0 Å². The zero-order valence-corrected chi connectivity index (χ0v) is 10.1. The van der Waals surface area contributed by atoms with E-state index in [9.17, 15) is 9.59 Å². The van der Waals surface area contributed by atoms with Crippen LogP contribution in [0.4, 0.5) is 0 Å². The minimum Gasteiger partial charge on any atom is -0.480 e. The van der Waals surface area contributed by atoms with E-state index in [1.165, 1.54) is 0 Å². The van der Waals surface area contributed by atoms with Gasteiger partial charge in [-0.15, -0.1) is 0 Å². The van der Waals surface area contributed by atoms with Crippen molar-refractivity contribution in [1.82, 2.24) is 9.80 Å². The molecule has 18 heavy (non-hydrogen) atoms. The van der Waals surface area contributed by atoms with Crippen molar-refractivity contribution in [1.29, 1.82) is 0 Å². The molecule has 0 bridgehead atoms. The predicted molar refractivity (Wildman–Crippen MR) is 65.9 cm³/mol. The molecule has 96 valence electrons. The lowest BCUT2D eigenvalue weighted by Gasteiger charge is -2.33. The van der Waals surface area contributed by atoms with Gasteiger partial charge in [0, 0.05) is 19.6 Å². The molecule has 0 unspecified atom stereocenters. The summed E-state index contributed by atoms with van der Waals surface area (Å²) in [6, 6.07) is 9.80. The molecule has 0 atom stereocenters. The Labute approximate surface area is 106 Å². The van der Waals surface area contributed by atoms with Crippen molar-refractivity contribution in [2.75, 3.05) is 26.2 Å². The predicted octanol–water partition coefficient (Wildman–Crippen LogP) is 0.415. The van der Waals surface area contributed by atoms with Crippen LogP contribution in [-0.4, -0.2) is 53.0 Å². The molecule has 0 radical (unpaired) electrons. The average Bonchev–Trinajstić information content (AvgIpc) is 2.33. The molecule has 0 spiro atoms. The van der Waals surface area contributed by atoms with Crippen LogP contribution in [0.3, 0.4) is 0 Å². The van der Waals surface area contributed by atoms with Gasteiger partial charge >= 0.3 is 5.97 Å². The van der Waals surface area contributed by atoms with E-state index < -0.39 is 5.97 Å².